The van der Waals surface area contributed by atoms with Gasteiger partial charge >= 0.3 is 0 Å². The molecule has 0 fully saturated rings. The molecule has 0 N–H and O–H groups in total. The number of hydrogen-bond acceptors (Lipinski definition) is 1. The number of benzene rings is 2. The summed E-state index contributed by atoms with van der Waals surface area (Å²) in [4.78, 5) is 0. The van der Waals surface area contributed by atoms with Gasteiger partial charge in [0, 0.05) is 0 Å². The molecule has 0 heterocycles. The van der Waals surface area contributed by atoms with Gasteiger partial charge in [0.1, 0.15) is 11.4 Å². The molecule has 0 bridgehead atoms. The Balaban J connectivity index is 2.26. The zero-order chi connectivity index (χ0) is 13.2. The third kappa shape index (κ3) is 3.13. The maximum absolute atomic E-state index is 5.82. The van der Waals surface area contributed by atoms with Gasteiger partial charge in [-0.15, -0.1) is 0 Å². The molecule has 2 aromatic carbocycles. The van der Waals surface area contributed by atoms with Gasteiger partial charge < -0.3 is 4.74 Å². The first-order valence-electron chi connectivity index (χ1n) is 6.31. The van der Waals surface area contributed by atoms with Crippen LogP contribution in [0.1, 0.15) is 26.3 Å². The first kappa shape index (κ1) is 12.7. The van der Waals surface area contributed by atoms with Crippen LogP contribution in [0.15, 0.2) is 48.5 Å². The highest BCUT2D eigenvalue weighted by atomic mass is 16.5. The van der Waals surface area contributed by atoms with Gasteiger partial charge in [-0.25, -0.2) is 0 Å². The standard InChI is InChI=1S/C17H20O/c1-13-7-5-6-8-16(13)14-9-11-15(12-10-14)18-17(2,3)4/h5-12H,1-4H3. The van der Waals surface area contributed by atoms with Gasteiger partial charge in [0.2, 0.25) is 0 Å². The Morgan fingerprint density at radius 1 is 0.833 bits per heavy atom. The summed E-state index contributed by atoms with van der Waals surface area (Å²) in [5, 5.41) is 0. The van der Waals surface area contributed by atoms with Crippen molar-refractivity contribution in [1.29, 1.82) is 0 Å². The average Bonchev–Trinajstić information content (AvgIpc) is 2.29. The van der Waals surface area contributed by atoms with Crippen molar-refractivity contribution in [3.63, 3.8) is 0 Å². The SMILES string of the molecule is Cc1ccccc1-c1ccc(OC(C)(C)C)cc1. The van der Waals surface area contributed by atoms with E-state index in [2.05, 4.69) is 64.1 Å². The van der Waals surface area contributed by atoms with Crippen LogP contribution in [0, 0.1) is 6.92 Å². The van der Waals surface area contributed by atoms with Crippen LogP contribution in [0.2, 0.25) is 0 Å². The second kappa shape index (κ2) is 4.85. The van der Waals surface area contributed by atoms with Crippen LogP contribution in [0.4, 0.5) is 0 Å². The molecule has 2 aromatic rings. The molecule has 0 aliphatic carbocycles. The van der Waals surface area contributed by atoms with E-state index in [0.29, 0.717) is 0 Å². The van der Waals surface area contributed by atoms with E-state index >= 15 is 0 Å². The molecule has 2 rings (SSSR count). The molecule has 1 nitrogen and oxygen atoms in total. The molecule has 0 saturated carbocycles. The van der Waals surface area contributed by atoms with E-state index in [1.165, 1.54) is 16.7 Å². The minimum Gasteiger partial charge on any atom is -0.488 e. The largest absolute Gasteiger partial charge is 0.488 e. The molecule has 0 unspecified atom stereocenters. The van der Waals surface area contributed by atoms with Gasteiger partial charge in [0.05, 0.1) is 0 Å². The zero-order valence-electron chi connectivity index (χ0n) is 11.5. The van der Waals surface area contributed by atoms with E-state index in [-0.39, 0.29) is 5.60 Å². The molecule has 94 valence electrons. The highest BCUT2D eigenvalue weighted by Gasteiger charge is 2.11. The highest BCUT2D eigenvalue weighted by molar-refractivity contribution is 5.67. The summed E-state index contributed by atoms with van der Waals surface area (Å²) in [6.07, 6.45) is 0. The fourth-order valence-electron chi connectivity index (χ4n) is 1.95. The number of ether oxygens (including phenoxy) is 1. The van der Waals surface area contributed by atoms with Gasteiger partial charge in [0.25, 0.3) is 0 Å². The van der Waals surface area contributed by atoms with Crippen molar-refractivity contribution >= 4 is 0 Å². The lowest BCUT2D eigenvalue weighted by molar-refractivity contribution is 0.131. The predicted octanol–water partition coefficient (Wildman–Crippen LogP) is 4.84. The molecule has 0 aliphatic rings. The Labute approximate surface area is 109 Å². The van der Waals surface area contributed by atoms with Crippen molar-refractivity contribution in [2.75, 3.05) is 0 Å². The smallest absolute Gasteiger partial charge is 0.120 e. The fourth-order valence-corrected chi connectivity index (χ4v) is 1.95. The van der Waals surface area contributed by atoms with E-state index in [9.17, 15) is 0 Å². The summed E-state index contributed by atoms with van der Waals surface area (Å²) in [7, 11) is 0. The van der Waals surface area contributed by atoms with Crippen LogP contribution in [0.5, 0.6) is 5.75 Å². The van der Waals surface area contributed by atoms with E-state index in [1.807, 2.05) is 12.1 Å². The van der Waals surface area contributed by atoms with Crippen molar-refractivity contribution in [2.45, 2.75) is 33.3 Å². The Kier molecular flexibility index (Phi) is 3.42. The molecule has 0 spiro atoms. The van der Waals surface area contributed by atoms with Gasteiger partial charge in [-0.2, -0.15) is 0 Å². The number of rotatable bonds is 2. The van der Waals surface area contributed by atoms with E-state index < -0.39 is 0 Å². The van der Waals surface area contributed by atoms with Gasteiger partial charge in [-0.1, -0.05) is 36.4 Å². The predicted molar refractivity (Wildman–Crippen MR) is 77.0 cm³/mol. The van der Waals surface area contributed by atoms with Crippen LogP contribution in [0.3, 0.4) is 0 Å². The number of aryl methyl sites for hydroxylation is 1. The Morgan fingerprint density at radius 3 is 2.00 bits per heavy atom. The molecule has 0 aromatic heterocycles. The Bertz CT molecular complexity index is 518. The second-order valence-electron chi connectivity index (χ2n) is 5.55. The minimum atomic E-state index is -0.149. The molecule has 0 atom stereocenters. The lowest BCUT2D eigenvalue weighted by atomic mass is 10.0. The lowest BCUT2D eigenvalue weighted by Crippen LogP contribution is -2.22. The maximum atomic E-state index is 5.82. The highest BCUT2D eigenvalue weighted by Crippen LogP contribution is 2.26. The van der Waals surface area contributed by atoms with Crippen molar-refractivity contribution in [3.05, 3.63) is 54.1 Å². The van der Waals surface area contributed by atoms with Crippen LogP contribution in [-0.2, 0) is 0 Å². The molecule has 1 heteroatoms. The Hall–Kier alpha value is -1.76. The third-order valence-electron chi connectivity index (χ3n) is 2.73. The Morgan fingerprint density at radius 2 is 1.44 bits per heavy atom. The maximum Gasteiger partial charge on any atom is 0.120 e. The molecule has 0 aliphatic heterocycles. The fraction of sp³-hybridized carbons (Fsp3) is 0.294. The third-order valence-corrected chi connectivity index (χ3v) is 2.73. The summed E-state index contributed by atoms with van der Waals surface area (Å²) in [6.45, 7) is 8.31. The first-order valence-corrected chi connectivity index (χ1v) is 6.31. The van der Waals surface area contributed by atoms with Crippen LogP contribution in [0.25, 0.3) is 11.1 Å². The topological polar surface area (TPSA) is 9.23 Å². The van der Waals surface area contributed by atoms with Crippen molar-refractivity contribution in [1.82, 2.24) is 0 Å². The molecule has 0 amide bonds. The summed E-state index contributed by atoms with van der Waals surface area (Å²) in [5.41, 5.74) is 3.65. The van der Waals surface area contributed by atoms with Gasteiger partial charge in [0.15, 0.2) is 0 Å². The second-order valence-corrected chi connectivity index (χ2v) is 5.55. The van der Waals surface area contributed by atoms with Crippen LogP contribution in [-0.4, -0.2) is 5.60 Å². The van der Waals surface area contributed by atoms with E-state index in [1.54, 1.807) is 0 Å². The number of hydrogen-bond donors (Lipinski definition) is 0. The van der Waals surface area contributed by atoms with Gasteiger partial charge in [-0.3, -0.25) is 0 Å². The quantitative estimate of drug-likeness (QED) is 0.730. The average molecular weight is 240 g/mol. The summed E-state index contributed by atoms with van der Waals surface area (Å²) < 4.78 is 5.82. The lowest BCUT2D eigenvalue weighted by Gasteiger charge is -2.21. The molecular weight excluding hydrogens is 220 g/mol. The van der Waals surface area contributed by atoms with E-state index in [4.69, 9.17) is 4.74 Å². The van der Waals surface area contributed by atoms with Crippen LogP contribution >= 0.6 is 0 Å². The molecular formula is C17H20O. The summed E-state index contributed by atoms with van der Waals surface area (Å²) >= 11 is 0. The monoisotopic (exact) mass is 240 g/mol. The van der Waals surface area contributed by atoms with Crippen molar-refractivity contribution < 1.29 is 4.74 Å². The van der Waals surface area contributed by atoms with Crippen LogP contribution < -0.4 is 4.74 Å². The van der Waals surface area contributed by atoms with Crippen molar-refractivity contribution in [2.24, 2.45) is 0 Å². The van der Waals surface area contributed by atoms with Gasteiger partial charge in [-0.05, 0) is 56.5 Å². The summed E-state index contributed by atoms with van der Waals surface area (Å²) in [6, 6.07) is 16.7. The molecule has 18 heavy (non-hydrogen) atoms. The molecule has 0 radical (unpaired) electrons. The van der Waals surface area contributed by atoms with E-state index in [0.717, 1.165) is 5.75 Å². The zero-order valence-corrected chi connectivity index (χ0v) is 11.5. The summed E-state index contributed by atoms with van der Waals surface area (Å²) in [5.74, 6) is 0.917. The molecule has 0 saturated heterocycles. The normalized spacial score (nSPS) is 11.3. The van der Waals surface area contributed by atoms with Crippen molar-refractivity contribution in [3.8, 4) is 16.9 Å². The first-order chi connectivity index (χ1) is 8.46. The minimum absolute atomic E-state index is 0.149.